The Balaban J connectivity index is 1.64. The van der Waals surface area contributed by atoms with Gasteiger partial charge >= 0.3 is 0 Å². The Morgan fingerprint density at radius 1 is 1.07 bits per heavy atom. The number of aryl methyl sites for hydroxylation is 1. The van der Waals surface area contributed by atoms with Gasteiger partial charge in [-0.25, -0.2) is 9.37 Å². The van der Waals surface area contributed by atoms with Crippen LogP contribution in [0.2, 0.25) is 0 Å². The van der Waals surface area contributed by atoms with Gasteiger partial charge in [-0.3, -0.25) is 9.59 Å². The maximum Gasteiger partial charge on any atom is 0.282 e. The zero-order chi connectivity index (χ0) is 28.8. The molecule has 0 bridgehead atoms. The quantitative estimate of drug-likeness (QED) is 0.176. The molecule has 208 valence electrons. The van der Waals surface area contributed by atoms with E-state index in [2.05, 4.69) is 63.2 Å². The first-order valence-corrected chi connectivity index (χ1v) is 14.7. The van der Waals surface area contributed by atoms with E-state index in [1.54, 1.807) is 18.2 Å². The molecular weight excluding hydrogens is 715 g/mol. The van der Waals surface area contributed by atoms with Gasteiger partial charge in [-0.2, -0.15) is 9.78 Å². The van der Waals surface area contributed by atoms with Gasteiger partial charge in [-0.1, -0.05) is 22.9 Å². The van der Waals surface area contributed by atoms with Crippen LogP contribution in [0.3, 0.4) is 0 Å². The molecule has 0 saturated heterocycles. The summed E-state index contributed by atoms with van der Waals surface area (Å²) in [5, 5.41) is 7.60. The monoisotopic (exact) mass is 736 g/mol. The van der Waals surface area contributed by atoms with Crippen molar-refractivity contribution in [2.24, 2.45) is 5.10 Å². The molecule has 0 unspecified atom stereocenters. The summed E-state index contributed by atoms with van der Waals surface area (Å²) in [6.07, 6.45) is 2.89. The number of benzene rings is 3. The van der Waals surface area contributed by atoms with Crippen LogP contribution in [0.25, 0.3) is 10.9 Å². The van der Waals surface area contributed by atoms with Crippen LogP contribution in [0.5, 0.6) is 11.5 Å². The summed E-state index contributed by atoms with van der Waals surface area (Å²) in [4.78, 5) is 30.4. The summed E-state index contributed by atoms with van der Waals surface area (Å²) >= 11 is 10.5. The number of halogens is 4. The van der Waals surface area contributed by atoms with E-state index in [4.69, 9.17) is 9.47 Å². The van der Waals surface area contributed by atoms with Crippen molar-refractivity contribution >= 4 is 76.5 Å². The minimum Gasteiger partial charge on any atom is -0.490 e. The fourth-order valence-corrected chi connectivity index (χ4v) is 5.08. The van der Waals surface area contributed by atoms with E-state index >= 15 is 0 Å². The van der Waals surface area contributed by atoms with Crippen LogP contribution in [0.1, 0.15) is 31.7 Å². The average Bonchev–Trinajstić information content (AvgIpc) is 2.93. The predicted molar refractivity (Wildman–Crippen MR) is 164 cm³/mol. The van der Waals surface area contributed by atoms with Crippen molar-refractivity contribution in [2.45, 2.75) is 26.7 Å². The van der Waals surface area contributed by atoms with Crippen LogP contribution in [-0.2, 0) is 11.2 Å². The Morgan fingerprint density at radius 3 is 2.52 bits per heavy atom. The number of carbonyl (C=O) groups excluding carboxylic acids is 1. The number of amides is 1. The Hall–Kier alpha value is -3.09. The Bertz CT molecular complexity index is 1640. The molecule has 0 saturated carbocycles. The van der Waals surface area contributed by atoms with Crippen LogP contribution in [-0.4, -0.2) is 35.0 Å². The summed E-state index contributed by atoms with van der Waals surface area (Å²) in [7, 11) is 0. The summed E-state index contributed by atoms with van der Waals surface area (Å²) in [6, 6.07) is 12.5. The van der Waals surface area contributed by atoms with Gasteiger partial charge in [0, 0.05) is 26.6 Å². The number of fused-ring (bicyclic) bond motifs is 1. The molecule has 1 heterocycles. The van der Waals surface area contributed by atoms with Crippen LogP contribution in [0.15, 0.2) is 71.8 Å². The van der Waals surface area contributed by atoms with Gasteiger partial charge in [0.15, 0.2) is 18.1 Å². The van der Waals surface area contributed by atoms with Crippen molar-refractivity contribution in [1.29, 1.82) is 0 Å². The molecule has 3 aromatic carbocycles. The summed E-state index contributed by atoms with van der Waals surface area (Å²) in [5.74, 6) is 0.396. The molecule has 0 aliphatic rings. The highest BCUT2D eigenvalue weighted by atomic mass is 79.9. The molecule has 40 heavy (non-hydrogen) atoms. The third kappa shape index (κ3) is 6.97. The van der Waals surface area contributed by atoms with E-state index in [9.17, 15) is 14.0 Å². The zero-order valence-electron chi connectivity index (χ0n) is 21.5. The number of anilines is 1. The van der Waals surface area contributed by atoms with E-state index < -0.39 is 11.7 Å². The van der Waals surface area contributed by atoms with Crippen molar-refractivity contribution in [1.82, 2.24) is 9.66 Å². The lowest BCUT2D eigenvalue weighted by Crippen LogP contribution is -2.22. The Labute approximate surface area is 255 Å². The molecule has 12 heteroatoms. The molecule has 0 aliphatic carbocycles. The normalized spacial score (nSPS) is 11.2. The number of nitrogens with one attached hydrogen (secondary N) is 1. The number of hydrogen-bond acceptors (Lipinski definition) is 6. The van der Waals surface area contributed by atoms with Gasteiger partial charge in [-0.05, 0) is 93.7 Å². The summed E-state index contributed by atoms with van der Waals surface area (Å²) in [5.41, 5.74) is 1.37. The van der Waals surface area contributed by atoms with E-state index in [0.29, 0.717) is 61.5 Å². The molecule has 4 rings (SSSR count). The first-order valence-electron chi connectivity index (χ1n) is 12.3. The molecule has 0 aliphatic heterocycles. The van der Waals surface area contributed by atoms with E-state index in [1.807, 2.05) is 19.9 Å². The lowest BCUT2D eigenvalue weighted by atomic mass is 10.2. The van der Waals surface area contributed by atoms with Crippen molar-refractivity contribution in [3.8, 4) is 11.5 Å². The number of rotatable bonds is 10. The fourth-order valence-electron chi connectivity index (χ4n) is 3.78. The molecule has 0 radical (unpaired) electrons. The Kier molecular flexibility index (Phi) is 10.1. The van der Waals surface area contributed by atoms with E-state index in [0.717, 1.165) is 10.9 Å². The smallest absolute Gasteiger partial charge is 0.282 e. The minimum atomic E-state index is -0.430. The number of hydrogen-bond donors (Lipinski definition) is 1. The topological polar surface area (TPSA) is 94.8 Å². The summed E-state index contributed by atoms with van der Waals surface area (Å²) in [6.45, 7) is 3.85. The highest BCUT2D eigenvalue weighted by molar-refractivity contribution is 9.13. The number of ether oxygens (including phenoxy) is 2. The molecule has 0 fully saturated rings. The van der Waals surface area contributed by atoms with Crippen molar-refractivity contribution in [3.05, 3.63) is 89.5 Å². The maximum absolute atomic E-state index is 13.3. The second-order valence-corrected chi connectivity index (χ2v) is 11.0. The molecular formula is C28H24Br3FN4O4. The fraction of sp³-hybridized carbons (Fsp3) is 0.214. The standard InChI is InChI=1S/C28H24Br3FN4O4/c1-3-5-23-35-21-11-6-17(29)13-20(21)28(38)36(23)33-14-16-12-22(39-4-2)27(26(31)25(16)30)40-15-24(37)34-19-9-7-18(32)8-10-19/h6-14H,3-5,15H2,1-2H3,(H,34,37). The predicted octanol–water partition coefficient (Wildman–Crippen LogP) is 7.07. The zero-order valence-corrected chi connectivity index (χ0v) is 26.3. The van der Waals surface area contributed by atoms with Gasteiger partial charge in [0.25, 0.3) is 11.5 Å². The maximum atomic E-state index is 13.3. The Morgan fingerprint density at radius 2 is 1.82 bits per heavy atom. The molecule has 4 aromatic rings. The second kappa shape index (κ2) is 13.5. The van der Waals surface area contributed by atoms with Gasteiger partial charge in [0.2, 0.25) is 0 Å². The molecule has 0 atom stereocenters. The number of aromatic nitrogens is 2. The van der Waals surface area contributed by atoms with Crippen molar-refractivity contribution in [3.63, 3.8) is 0 Å². The molecule has 1 aromatic heterocycles. The first-order chi connectivity index (χ1) is 19.2. The molecule has 8 nitrogen and oxygen atoms in total. The van der Waals surface area contributed by atoms with Crippen LogP contribution in [0, 0.1) is 5.82 Å². The highest BCUT2D eigenvalue weighted by Crippen LogP contribution is 2.42. The van der Waals surface area contributed by atoms with E-state index in [1.165, 1.54) is 35.2 Å². The van der Waals surface area contributed by atoms with Gasteiger partial charge in [0.05, 0.1) is 28.2 Å². The molecule has 1 amide bonds. The third-order valence-electron chi connectivity index (χ3n) is 5.59. The summed E-state index contributed by atoms with van der Waals surface area (Å²) < 4.78 is 27.9. The van der Waals surface area contributed by atoms with Crippen molar-refractivity contribution in [2.75, 3.05) is 18.5 Å². The minimum absolute atomic E-state index is 0.279. The lowest BCUT2D eigenvalue weighted by Gasteiger charge is -2.16. The SMILES string of the molecule is CCCc1nc2ccc(Br)cc2c(=O)n1N=Cc1cc(OCC)c(OCC(=O)Nc2ccc(F)cc2)c(Br)c1Br. The molecule has 0 spiro atoms. The van der Waals surface area contributed by atoms with Gasteiger partial charge in [0.1, 0.15) is 11.6 Å². The van der Waals surface area contributed by atoms with Crippen LogP contribution in [0.4, 0.5) is 10.1 Å². The van der Waals surface area contributed by atoms with Crippen LogP contribution >= 0.6 is 47.8 Å². The first kappa shape index (κ1) is 29.9. The number of carbonyl (C=O) groups is 1. The number of nitrogens with zero attached hydrogens (tertiary/aromatic N) is 3. The van der Waals surface area contributed by atoms with E-state index in [-0.39, 0.29) is 12.2 Å². The van der Waals surface area contributed by atoms with Gasteiger partial charge < -0.3 is 14.8 Å². The van der Waals surface area contributed by atoms with Crippen LogP contribution < -0.4 is 20.3 Å². The average molecular weight is 739 g/mol. The molecule has 1 N–H and O–H groups in total. The van der Waals surface area contributed by atoms with Crippen molar-refractivity contribution < 1.29 is 18.7 Å². The highest BCUT2D eigenvalue weighted by Gasteiger charge is 2.19. The third-order valence-corrected chi connectivity index (χ3v) is 8.23. The second-order valence-electron chi connectivity index (χ2n) is 8.50. The van der Waals surface area contributed by atoms with Gasteiger partial charge in [-0.15, -0.1) is 0 Å². The lowest BCUT2D eigenvalue weighted by molar-refractivity contribution is -0.118. The largest absolute Gasteiger partial charge is 0.490 e.